The molecule has 354 valence electrons. The van der Waals surface area contributed by atoms with Gasteiger partial charge in [0.05, 0.1) is 34.1 Å². The molecule has 12 aromatic carbocycles. The van der Waals surface area contributed by atoms with Crippen LogP contribution in [-0.4, -0.2) is 0 Å². The van der Waals surface area contributed by atoms with E-state index >= 15 is 0 Å². The summed E-state index contributed by atoms with van der Waals surface area (Å²) in [5.74, 6) is 0. The third-order valence-corrected chi connectivity index (χ3v) is 15.3. The summed E-state index contributed by atoms with van der Waals surface area (Å²) >= 11 is 0. The molecule has 0 amide bonds. The Bertz CT molecular complexity index is 4450. The van der Waals surface area contributed by atoms with Gasteiger partial charge < -0.3 is 23.1 Å². The molecule has 5 nitrogen and oxygen atoms in total. The molecule has 5 heteroatoms. The van der Waals surface area contributed by atoms with Gasteiger partial charge in [-0.1, -0.05) is 206 Å². The maximum atomic E-state index is 7.43. The number of fused-ring (bicyclic) bond motifs is 13. The normalized spacial score (nSPS) is 11.9. The van der Waals surface area contributed by atoms with Crippen LogP contribution in [0.25, 0.3) is 110 Å². The predicted molar refractivity (Wildman–Crippen MR) is 313 cm³/mol. The predicted octanol–water partition coefficient (Wildman–Crippen LogP) is 20.6. The van der Waals surface area contributed by atoms with Crippen LogP contribution in [0.1, 0.15) is 11.1 Å². The number of nitrogens with zero attached hydrogens (tertiary/aromatic N) is 2. The van der Waals surface area contributed by atoms with Gasteiger partial charge in [0.2, 0.25) is 0 Å². The monoisotopic (exact) mass is 962 g/mol. The number of rotatable bonds is 8. The number of hydrogen-bond acceptors (Lipinski definition) is 5. The zero-order valence-electron chi connectivity index (χ0n) is 41.2. The molecule has 0 unspecified atom stereocenters. The Labute approximate surface area is 432 Å². The lowest BCUT2D eigenvalue weighted by Crippen LogP contribution is -2.12. The van der Waals surface area contributed by atoms with Crippen molar-refractivity contribution >= 4 is 121 Å². The van der Waals surface area contributed by atoms with Crippen LogP contribution in [0.2, 0.25) is 0 Å². The summed E-state index contributed by atoms with van der Waals surface area (Å²) in [6.07, 6.45) is 0. The second-order valence-electron chi connectivity index (χ2n) is 19.6. The fraction of sp³-hybridized carbons (Fsp3) is 0.0286. The summed E-state index contributed by atoms with van der Waals surface area (Å²) < 4.78 is 21.4. The minimum absolute atomic E-state index is 0.780. The minimum Gasteiger partial charge on any atom is -0.456 e. The van der Waals surface area contributed by atoms with Crippen molar-refractivity contribution in [1.29, 1.82) is 0 Å². The molecular formula is C70H46N2O3. The molecule has 3 aromatic heterocycles. The quantitative estimate of drug-likeness (QED) is 0.152. The Hall–Kier alpha value is -9.84. The Kier molecular flexibility index (Phi) is 9.63. The largest absolute Gasteiger partial charge is 0.456 e. The number of benzene rings is 12. The first-order valence-corrected chi connectivity index (χ1v) is 25.6. The van der Waals surface area contributed by atoms with Gasteiger partial charge >= 0.3 is 0 Å². The molecule has 0 radical (unpaired) electrons. The zero-order chi connectivity index (χ0) is 49.7. The Balaban J connectivity index is 1.04. The molecule has 0 aliphatic rings. The average molecular weight is 963 g/mol. The van der Waals surface area contributed by atoms with Gasteiger partial charge in [-0.2, -0.15) is 0 Å². The molecule has 0 spiro atoms. The van der Waals surface area contributed by atoms with E-state index in [1.807, 2.05) is 0 Å². The van der Waals surface area contributed by atoms with E-state index in [-0.39, 0.29) is 0 Å². The molecule has 15 rings (SSSR count). The molecule has 75 heavy (non-hydrogen) atoms. The maximum Gasteiger partial charge on any atom is 0.159 e. The number of anilines is 6. The van der Waals surface area contributed by atoms with E-state index in [1.54, 1.807) is 0 Å². The molecule has 0 saturated carbocycles. The van der Waals surface area contributed by atoms with E-state index < -0.39 is 0 Å². The summed E-state index contributed by atoms with van der Waals surface area (Å²) in [6.45, 7) is 4.23. The molecule has 3 heterocycles. The fourth-order valence-electron chi connectivity index (χ4n) is 11.9. The standard InChI is InChI=1S/C70H46N2O3/c1-43-21-17-33-53-55-35-19-39-59(69(55)74-67(43)53)71(57-37-15-13-27-47(57)45-23-5-3-6-24-45)61-41-63-65(51-31-11-9-29-49(51)61)66-52-32-12-10-30-50(52)62(42-64(66)73-63)72(58-38-16-14-28-48(58)46-25-7-4-8-26-46)60-40-20-36-56-54-34-18-22-44(2)68(54)75-70(56)60/h3-42H,1-2H3. The molecule has 0 atom stereocenters. The molecule has 0 saturated heterocycles. The van der Waals surface area contributed by atoms with Crippen LogP contribution >= 0.6 is 0 Å². The van der Waals surface area contributed by atoms with Gasteiger partial charge in [-0.25, -0.2) is 0 Å². The summed E-state index contributed by atoms with van der Waals surface area (Å²) in [6, 6.07) is 86.5. The van der Waals surface area contributed by atoms with Crippen molar-refractivity contribution in [1.82, 2.24) is 0 Å². The van der Waals surface area contributed by atoms with E-state index in [4.69, 9.17) is 13.3 Å². The van der Waals surface area contributed by atoms with Crippen molar-refractivity contribution in [3.8, 4) is 22.3 Å². The lowest BCUT2D eigenvalue weighted by Gasteiger charge is -2.29. The maximum absolute atomic E-state index is 7.43. The summed E-state index contributed by atoms with van der Waals surface area (Å²) in [5, 5.41) is 10.8. The highest BCUT2D eigenvalue weighted by Gasteiger charge is 2.29. The first-order valence-electron chi connectivity index (χ1n) is 25.6. The van der Waals surface area contributed by atoms with Crippen LogP contribution in [0.15, 0.2) is 256 Å². The second kappa shape index (κ2) is 16.9. The van der Waals surface area contributed by atoms with Crippen molar-refractivity contribution in [2.75, 3.05) is 9.80 Å². The van der Waals surface area contributed by atoms with Crippen LogP contribution in [0.5, 0.6) is 0 Å². The zero-order valence-corrected chi connectivity index (χ0v) is 41.2. The summed E-state index contributed by atoms with van der Waals surface area (Å²) in [4.78, 5) is 4.78. The van der Waals surface area contributed by atoms with E-state index in [0.29, 0.717) is 0 Å². The van der Waals surface area contributed by atoms with Crippen LogP contribution in [0.4, 0.5) is 34.1 Å². The van der Waals surface area contributed by atoms with Crippen molar-refractivity contribution in [2.24, 2.45) is 0 Å². The van der Waals surface area contributed by atoms with Crippen LogP contribution in [0.3, 0.4) is 0 Å². The first-order chi connectivity index (χ1) is 37.1. The topological polar surface area (TPSA) is 45.9 Å². The highest BCUT2D eigenvalue weighted by Crippen LogP contribution is 2.53. The highest BCUT2D eigenvalue weighted by molar-refractivity contribution is 6.31. The molecule has 0 fully saturated rings. The van der Waals surface area contributed by atoms with E-state index in [0.717, 1.165) is 155 Å². The summed E-state index contributed by atoms with van der Waals surface area (Å²) in [7, 11) is 0. The number of para-hydroxylation sites is 6. The van der Waals surface area contributed by atoms with E-state index in [1.165, 1.54) is 0 Å². The molecule has 0 N–H and O–H groups in total. The van der Waals surface area contributed by atoms with Crippen molar-refractivity contribution < 1.29 is 13.3 Å². The van der Waals surface area contributed by atoms with Crippen LogP contribution < -0.4 is 9.80 Å². The van der Waals surface area contributed by atoms with Gasteiger partial charge in [0.15, 0.2) is 11.2 Å². The SMILES string of the molecule is Cc1cccc2c1oc1c(N(c3ccccc3-c3ccccc3)c3cc4oc5cc(N(c6ccccc6-c6ccccc6)c6cccc7c6oc6c(C)cccc67)c6ccccc6c5c4c4ccccc34)cccc12. The molecule has 15 aromatic rings. The van der Waals surface area contributed by atoms with Gasteiger partial charge in [0.25, 0.3) is 0 Å². The number of furan rings is 3. The number of hydrogen-bond donors (Lipinski definition) is 0. The van der Waals surface area contributed by atoms with Gasteiger partial charge in [-0.3, -0.25) is 0 Å². The van der Waals surface area contributed by atoms with E-state index in [2.05, 4.69) is 266 Å². The third-order valence-electron chi connectivity index (χ3n) is 15.3. The fourth-order valence-corrected chi connectivity index (χ4v) is 11.9. The van der Waals surface area contributed by atoms with Crippen molar-refractivity contribution in [3.63, 3.8) is 0 Å². The van der Waals surface area contributed by atoms with Gasteiger partial charge in [0, 0.05) is 66.3 Å². The van der Waals surface area contributed by atoms with Crippen molar-refractivity contribution in [2.45, 2.75) is 13.8 Å². The molecular weight excluding hydrogens is 917 g/mol. The molecule has 0 aliphatic carbocycles. The van der Waals surface area contributed by atoms with E-state index in [9.17, 15) is 0 Å². The number of aryl methyl sites for hydroxylation is 2. The minimum atomic E-state index is 0.780. The van der Waals surface area contributed by atoms with Gasteiger partial charge in [0.1, 0.15) is 22.3 Å². The smallest absolute Gasteiger partial charge is 0.159 e. The summed E-state index contributed by atoms with van der Waals surface area (Å²) in [5.41, 5.74) is 17.4. The lowest BCUT2D eigenvalue weighted by atomic mass is 9.95. The van der Waals surface area contributed by atoms with Crippen LogP contribution in [-0.2, 0) is 0 Å². The average Bonchev–Trinajstić information content (AvgIpc) is 4.18. The molecule has 0 bridgehead atoms. The lowest BCUT2D eigenvalue weighted by molar-refractivity contribution is 0.665. The Morgan fingerprint density at radius 1 is 0.253 bits per heavy atom. The third kappa shape index (κ3) is 6.58. The van der Waals surface area contributed by atoms with Gasteiger partial charge in [-0.05, 0) is 71.1 Å². The highest BCUT2D eigenvalue weighted by atomic mass is 16.3. The Morgan fingerprint density at radius 3 is 1.03 bits per heavy atom. The van der Waals surface area contributed by atoms with Gasteiger partial charge in [-0.15, -0.1) is 0 Å². The molecule has 0 aliphatic heterocycles. The first kappa shape index (κ1) is 42.8. The van der Waals surface area contributed by atoms with Crippen molar-refractivity contribution in [3.05, 3.63) is 254 Å². The second-order valence-corrected chi connectivity index (χ2v) is 19.6. The van der Waals surface area contributed by atoms with Crippen LogP contribution in [0, 0.1) is 13.8 Å². The Morgan fingerprint density at radius 2 is 0.587 bits per heavy atom.